The van der Waals surface area contributed by atoms with Gasteiger partial charge in [-0.25, -0.2) is 8.78 Å². The van der Waals surface area contributed by atoms with Crippen LogP contribution in [-0.2, 0) is 4.74 Å². The minimum Gasteiger partial charge on any atom is -0.543 e. The zero-order valence-corrected chi connectivity index (χ0v) is 4.97. The Morgan fingerprint density at radius 3 is 2.60 bits per heavy atom. The fraction of sp³-hybridized carbons (Fsp3) is 0.400. The van der Waals surface area contributed by atoms with Crippen molar-refractivity contribution in [2.24, 2.45) is 0 Å². The number of ether oxygens (including phenoxy) is 1. The van der Waals surface area contributed by atoms with Crippen molar-refractivity contribution in [1.29, 1.82) is 0 Å². The number of carbonyl (C=O) groups is 1. The first-order valence-corrected chi connectivity index (χ1v) is 2.33. The second-order valence-corrected chi connectivity index (χ2v) is 1.50. The van der Waals surface area contributed by atoms with Crippen LogP contribution in [0, 0.1) is 0 Å². The number of hydrogen-bond donors (Lipinski definition) is 0. The van der Waals surface area contributed by atoms with Gasteiger partial charge in [-0.1, -0.05) is 6.58 Å². The van der Waals surface area contributed by atoms with E-state index < -0.39 is 18.7 Å². The van der Waals surface area contributed by atoms with E-state index in [9.17, 15) is 18.7 Å². The molecule has 0 amide bonds. The highest BCUT2D eigenvalue weighted by Gasteiger charge is 2.22. The number of hydrogen-bond acceptors (Lipinski definition) is 3. The first-order chi connectivity index (χ1) is 4.48. The standard InChI is InChI=1S/C5H6F2O3/c1-2-5(6,7)3-10-4(8)9/h2H,1,3H2,(H,8,9)/p-1. The SMILES string of the molecule is C=CC(F)(F)COC(=O)[O-]. The van der Waals surface area contributed by atoms with Crippen molar-refractivity contribution in [1.82, 2.24) is 0 Å². The number of alkyl halides is 2. The molecule has 0 aliphatic carbocycles. The van der Waals surface area contributed by atoms with Gasteiger partial charge in [-0.3, -0.25) is 0 Å². The van der Waals surface area contributed by atoms with Gasteiger partial charge in [0.05, 0.1) is 6.61 Å². The molecule has 5 heteroatoms. The summed E-state index contributed by atoms with van der Waals surface area (Å²) < 4.78 is 27.4. The Hall–Kier alpha value is -1.13. The smallest absolute Gasteiger partial charge is 0.283 e. The van der Waals surface area contributed by atoms with Crippen LogP contribution in [-0.4, -0.2) is 18.7 Å². The van der Waals surface area contributed by atoms with Gasteiger partial charge in [0.2, 0.25) is 0 Å². The van der Waals surface area contributed by atoms with E-state index in [-0.39, 0.29) is 0 Å². The van der Waals surface area contributed by atoms with Gasteiger partial charge in [0.15, 0.2) is 0 Å². The van der Waals surface area contributed by atoms with Crippen LogP contribution in [0.2, 0.25) is 0 Å². The lowest BCUT2D eigenvalue weighted by Gasteiger charge is -2.14. The number of rotatable bonds is 3. The first-order valence-electron chi connectivity index (χ1n) is 2.33. The van der Waals surface area contributed by atoms with Crippen LogP contribution < -0.4 is 5.11 Å². The Morgan fingerprint density at radius 2 is 2.30 bits per heavy atom. The van der Waals surface area contributed by atoms with Gasteiger partial charge >= 0.3 is 0 Å². The molecule has 0 spiro atoms. The largest absolute Gasteiger partial charge is 0.543 e. The van der Waals surface area contributed by atoms with Crippen LogP contribution in [0.15, 0.2) is 12.7 Å². The molecule has 0 saturated heterocycles. The predicted molar refractivity (Wildman–Crippen MR) is 26.5 cm³/mol. The fourth-order valence-corrected chi connectivity index (χ4v) is 0.214. The van der Waals surface area contributed by atoms with Crippen LogP contribution in [0.25, 0.3) is 0 Å². The Morgan fingerprint density at radius 1 is 1.80 bits per heavy atom. The van der Waals surface area contributed by atoms with Gasteiger partial charge in [-0.2, -0.15) is 0 Å². The van der Waals surface area contributed by atoms with Gasteiger partial charge in [0.1, 0.15) is 0 Å². The van der Waals surface area contributed by atoms with Crippen LogP contribution >= 0.6 is 0 Å². The zero-order chi connectivity index (χ0) is 8.20. The minimum atomic E-state index is -3.31. The van der Waals surface area contributed by atoms with E-state index in [0.717, 1.165) is 0 Å². The molecular formula is C5H5F2O3-. The summed E-state index contributed by atoms with van der Waals surface area (Å²) in [6, 6.07) is 0. The highest BCUT2D eigenvalue weighted by Crippen LogP contribution is 2.13. The highest BCUT2D eigenvalue weighted by atomic mass is 19.3. The average Bonchev–Trinajstić information content (AvgIpc) is 1.85. The van der Waals surface area contributed by atoms with Crippen LogP contribution in [0.5, 0.6) is 0 Å². The molecule has 0 heterocycles. The quantitative estimate of drug-likeness (QED) is 0.426. The summed E-state index contributed by atoms with van der Waals surface area (Å²) in [5.74, 6) is -3.31. The van der Waals surface area contributed by atoms with Gasteiger partial charge in [0.25, 0.3) is 12.1 Å². The molecule has 0 fully saturated rings. The first kappa shape index (κ1) is 8.87. The third-order valence-corrected chi connectivity index (χ3v) is 0.681. The third-order valence-electron chi connectivity index (χ3n) is 0.681. The Bertz CT molecular complexity index is 144. The van der Waals surface area contributed by atoms with Crippen molar-refractivity contribution in [2.75, 3.05) is 6.61 Å². The average molecular weight is 151 g/mol. The Balaban J connectivity index is 3.67. The van der Waals surface area contributed by atoms with E-state index in [1.165, 1.54) is 0 Å². The van der Waals surface area contributed by atoms with Crippen molar-refractivity contribution < 1.29 is 23.4 Å². The molecule has 0 aromatic rings. The number of carboxylic acid groups (broad SMARTS) is 1. The highest BCUT2D eigenvalue weighted by molar-refractivity contribution is 5.54. The van der Waals surface area contributed by atoms with E-state index >= 15 is 0 Å². The summed E-state index contributed by atoms with van der Waals surface area (Å²) in [6.45, 7) is 1.53. The zero-order valence-electron chi connectivity index (χ0n) is 4.97. The lowest BCUT2D eigenvalue weighted by molar-refractivity contribution is -0.286. The molecule has 10 heavy (non-hydrogen) atoms. The van der Waals surface area contributed by atoms with E-state index in [4.69, 9.17) is 0 Å². The topological polar surface area (TPSA) is 49.4 Å². The lowest BCUT2D eigenvalue weighted by Crippen LogP contribution is -2.30. The number of carbonyl (C=O) groups excluding carboxylic acids is 1. The molecule has 0 rings (SSSR count). The lowest BCUT2D eigenvalue weighted by atomic mass is 10.4. The molecule has 0 aliphatic rings. The molecule has 0 saturated carbocycles. The van der Waals surface area contributed by atoms with Gasteiger partial charge in [-0.15, -0.1) is 0 Å². The van der Waals surface area contributed by atoms with Crippen molar-refractivity contribution in [3.63, 3.8) is 0 Å². The van der Waals surface area contributed by atoms with E-state index in [1.807, 2.05) is 0 Å². The predicted octanol–water partition coefficient (Wildman–Crippen LogP) is 0.168. The molecule has 58 valence electrons. The van der Waals surface area contributed by atoms with Crippen molar-refractivity contribution in [3.05, 3.63) is 12.7 Å². The van der Waals surface area contributed by atoms with Crippen LogP contribution in [0.4, 0.5) is 13.6 Å². The van der Waals surface area contributed by atoms with Gasteiger partial charge in [0, 0.05) is 0 Å². The van der Waals surface area contributed by atoms with Gasteiger partial charge in [-0.05, 0) is 6.08 Å². The maximum Gasteiger partial charge on any atom is 0.283 e. The Kier molecular flexibility index (Phi) is 2.79. The normalized spacial score (nSPS) is 10.6. The van der Waals surface area contributed by atoms with E-state index in [2.05, 4.69) is 11.3 Å². The molecule has 0 aromatic heterocycles. The molecule has 0 bridgehead atoms. The van der Waals surface area contributed by atoms with Gasteiger partial charge < -0.3 is 14.6 Å². The minimum absolute atomic E-state index is 0.302. The fourth-order valence-electron chi connectivity index (χ4n) is 0.214. The maximum atomic E-state index is 12.0. The molecule has 0 aromatic carbocycles. The molecule has 0 atom stereocenters. The molecule has 0 N–H and O–H groups in total. The summed E-state index contributed by atoms with van der Waals surface area (Å²) in [4.78, 5) is 9.46. The summed E-state index contributed by atoms with van der Waals surface area (Å²) >= 11 is 0. The second kappa shape index (κ2) is 3.14. The summed E-state index contributed by atoms with van der Waals surface area (Å²) in [7, 11) is 0. The number of halogens is 2. The van der Waals surface area contributed by atoms with Crippen molar-refractivity contribution in [3.8, 4) is 0 Å². The molecule has 0 radical (unpaired) electrons. The molecule has 3 nitrogen and oxygen atoms in total. The molecular weight excluding hydrogens is 146 g/mol. The maximum absolute atomic E-state index is 12.0. The third kappa shape index (κ3) is 3.82. The van der Waals surface area contributed by atoms with Crippen LogP contribution in [0.1, 0.15) is 0 Å². The monoisotopic (exact) mass is 151 g/mol. The van der Waals surface area contributed by atoms with Crippen molar-refractivity contribution in [2.45, 2.75) is 5.92 Å². The summed E-state index contributed by atoms with van der Waals surface area (Å²) in [5.41, 5.74) is 0. The molecule has 0 unspecified atom stereocenters. The van der Waals surface area contributed by atoms with E-state index in [1.54, 1.807) is 0 Å². The van der Waals surface area contributed by atoms with Crippen molar-refractivity contribution >= 4 is 6.16 Å². The molecule has 0 aliphatic heterocycles. The summed E-state index contributed by atoms with van der Waals surface area (Å²) in [6.07, 6.45) is -1.67. The van der Waals surface area contributed by atoms with E-state index in [0.29, 0.717) is 6.08 Å². The second-order valence-electron chi connectivity index (χ2n) is 1.50. The van der Waals surface area contributed by atoms with Crippen LogP contribution in [0.3, 0.4) is 0 Å². The summed E-state index contributed by atoms with van der Waals surface area (Å²) in [5, 5.41) is 9.46. The Labute approximate surface area is 55.9 Å².